The number of halogens is 5. The van der Waals surface area contributed by atoms with E-state index in [2.05, 4.69) is 10.1 Å². The smallest absolute Gasteiger partial charge is 0.416 e. The highest BCUT2D eigenvalue weighted by Gasteiger charge is 2.30. The third-order valence-electron chi connectivity index (χ3n) is 4.21. The molecule has 0 heterocycles. The van der Waals surface area contributed by atoms with Crippen LogP contribution >= 0.6 is 0 Å². The molecule has 5 nitrogen and oxygen atoms in total. The molecule has 0 atom stereocenters. The number of likely N-dealkylation sites (N-methyl/N-ethyl adjacent to an activating group) is 1. The molecule has 0 spiro atoms. The van der Waals surface area contributed by atoms with Gasteiger partial charge in [0.05, 0.1) is 12.7 Å². The zero-order valence-corrected chi connectivity index (χ0v) is 16.7. The van der Waals surface area contributed by atoms with E-state index in [-0.39, 0.29) is 18.8 Å². The van der Waals surface area contributed by atoms with Crippen LogP contribution in [0, 0.1) is 11.6 Å². The van der Waals surface area contributed by atoms with E-state index in [9.17, 15) is 26.7 Å². The molecule has 2 rings (SSSR count). The van der Waals surface area contributed by atoms with Crippen LogP contribution in [-0.2, 0) is 12.7 Å². The number of carbonyl (C=O) groups is 1. The predicted molar refractivity (Wildman–Crippen MR) is 102 cm³/mol. The lowest BCUT2D eigenvalue weighted by molar-refractivity contribution is -0.137. The minimum absolute atomic E-state index is 0.0128. The maximum absolute atomic E-state index is 13.9. The van der Waals surface area contributed by atoms with Crippen LogP contribution in [0.2, 0.25) is 0 Å². The summed E-state index contributed by atoms with van der Waals surface area (Å²) >= 11 is 0. The topological polar surface area (TPSA) is 44.8 Å². The van der Waals surface area contributed by atoms with Crippen molar-refractivity contribution in [2.24, 2.45) is 0 Å². The summed E-state index contributed by atoms with van der Waals surface area (Å²) in [4.78, 5) is 15.8. The Labute approximate surface area is 171 Å². The van der Waals surface area contributed by atoms with Gasteiger partial charge in [-0.2, -0.15) is 13.2 Å². The molecule has 0 aliphatic carbocycles. The second kappa shape index (κ2) is 9.75. The van der Waals surface area contributed by atoms with Crippen molar-refractivity contribution in [3.05, 3.63) is 59.2 Å². The molecule has 0 fully saturated rings. The highest BCUT2D eigenvalue weighted by atomic mass is 19.4. The molecule has 0 bridgehead atoms. The van der Waals surface area contributed by atoms with Crippen LogP contribution in [0.1, 0.15) is 11.1 Å². The van der Waals surface area contributed by atoms with Crippen LogP contribution in [0.4, 0.5) is 32.4 Å². The summed E-state index contributed by atoms with van der Waals surface area (Å²) in [5.74, 6) is -2.52. The number of anilines is 1. The lowest BCUT2D eigenvalue weighted by atomic mass is 10.1. The lowest BCUT2D eigenvalue weighted by Crippen LogP contribution is -2.39. The Hall–Kier alpha value is -2.88. The van der Waals surface area contributed by atoms with Gasteiger partial charge in [-0.1, -0.05) is 12.1 Å². The summed E-state index contributed by atoms with van der Waals surface area (Å²) in [5.41, 5.74) is -0.429. The SMILES string of the molecule is COc1c(F)cc(NC(=O)N(CCN(C)C)Cc2ccc(C(F)(F)F)cc2)cc1F. The Balaban J connectivity index is 2.18. The average molecular weight is 431 g/mol. The lowest BCUT2D eigenvalue weighted by Gasteiger charge is -2.25. The van der Waals surface area contributed by atoms with Crippen molar-refractivity contribution >= 4 is 11.7 Å². The molecule has 0 aromatic heterocycles. The summed E-state index contributed by atoms with van der Waals surface area (Å²) in [7, 11) is 4.71. The van der Waals surface area contributed by atoms with E-state index in [4.69, 9.17) is 0 Å². The van der Waals surface area contributed by atoms with E-state index in [0.717, 1.165) is 31.4 Å². The number of amides is 2. The van der Waals surface area contributed by atoms with Crippen LogP contribution in [0.25, 0.3) is 0 Å². The minimum Gasteiger partial charge on any atom is -0.491 e. The molecular weight excluding hydrogens is 409 g/mol. The average Bonchev–Trinajstić information content (AvgIpc) is 2.64. The number of benzene rings is 2. The first kappa shape index (κ1) is 23.4. The largest absolute Gasteiger partial charge is 0.491 e. The first-order valence-electron chi connectivity index (χ1n) is 8.91. The zero-order chi connectivity index (χ0) is 22.5. The summed E-state index contributed by atoms with van der Waals surface area (Å²) in [6, 6.07) is 5.62. The summed E-state index contributed by atoms with van der Waals surface area (Å²) in [6.45, 7) is 0.722. The van der Waals surface area contributed by atoms with E-state index in [1.807, 2.05) is 4.90 Å². The molecule has 2 aromatic rings. The number of methoxy groups -OCH3 is 1. The molecule has 0 aliphatic heterocycles. The van der Waals surface area contributed by atoms with Crippen LogP contribution in [-0.4, -0.2) is 50.1 Å². The molecule has 2 aromatic carbocycles. The van der Waals surface area contributed by atoms with E-state index < -0.39 is 35.2 Å². The van der Waals surface area contributed by atoms with Crippen molar-refractivity contribution in [2.45, 2.75) is 12.7 Å². The van der Waals surface area contributed by atoms with E-state index in [0.29, 0.717) is 12.1 Å². The summed E-state index contributed by atoms with van der Waals surface area (Å²) < 4.78 is 70.5. The monoisotopic (exact) mass is 431 g/mol. The molecule has 0 saturated carbocycles. The standard InChI is InChI=1S/C20H22F5N3O2/c1-27(2)8-9-28(12-13-4-6-14(7-5-13)20(23,24)25)19(29)26-15-10-16(21)18(30-3)17(22)11-15/h4-7,10-11H,8-9,12H2,1-3H3,(H,26,29). The first-order valence-corrected chi connectivity index (χ1v) is 8.91. The van der Waals surface area contributed by atoms with Crippen LogP contribution in [0.5, 0.6) is 5.75 Å². The molecule has 0 saturated heterocycles. The normalized spacial score (nSPS) is 11.5. The second-order valence-electron chi connectivity index (χ2n) is 6.82. The van der Waals surface area contributed by atoms with E-state index in [1.165, 1.54) is 17.0 Å². The Bertz CT molecular complexity index is 847. The van der Waals surface area contributed by atoms with Gasteiger partial charge in [-0.25, -0.2) is 13.6 Å². The van der Waals surface area contributed by atoms with Gasteiger partial charge in [0.2, 0.25) is 0 Å². The van der Waals surface area contributed by atoms with Crippen molar-refractivity contribution in [3.8, 4) is 5.75 Å². The zero-order valence-electron chi connectivity index (χ0n) is 16.7. The Morgan fingerprint density at radius 1 is 1.03 bits per heavy atom. The number of carbonyl (C=O) groups excluding carboxylic acids is 1. The number of ether oxygens (including phenoxy) is 1. The maximum Gasteiger partial charge on any atom is 0.416 e. The number of nitrogens with one attached hydrogen (secondary N) is 1. The van der Waals surface area contributed by atoms with Crippen molar-refractivity contribution in [3.63, 3.8) is 0 Å². The molecule has 1 N–H and O–H groups in total. The maximum atomic E-state index is 13.9. The molecule has 0 radical (unpaired) electrons. The van der Waals surface area contributed by atoms with Gasteiger partial charge in [0.15, 0.2) is 17.4 Å². The number of nitrogens with zero attached hydrogens (tertiary/aromatic N) is 2. The van der Waals surface area contributed by atoms with Crippen LogP contribution < -0.4 is 10.1 Å². The molecular formula is C20H22F5N3O2. The van der Waals surface area contributed by atoms with Crippen molar-refractivity contribution in [1.29, 1.82) is 0 Å². The van der Waals surface area contributed by atoms with Crippen molar-refractivity contribution in [1.82, 2.24) is 9.80 Å². The first-order chi connectivity index (χ1) is 14.0. The predicted octanol–water partition coefficient (Wildman–Crippen LogP) is 4.59. The Kier molecular flexibility index (Phi) is 7.60. The van der Waals surface area contributed by atoms with E-state index in [1.54, 1.807) is 14.1 Å². The second-order valence-corrected chi connectivity index (χ2v) is 6.82. The molecule has 10 heteroatoms. The summed E-state index contributed by atoms with van der Waals surface area (Å²) in [5, 5.41) is 2.41. The fraction of sp³-hybridized carbons (Fsp3) is 0.350. The van der Waals surface area contributed by atoms with Gasteiger partial charge in [0.25, 0.3) is 0 Å². The number of rotatable bonds is 7. The number of hydrogen-bond acceptors (Lipinski definition) is 3. The quantitative estimate of drug-likeness (QED) is 0.653. The minimum atomic E-state index is -4.46. The van der Waals surface area contributed by atoms with Crippen LogP contribution in [0.3, 0.4) is 0 Å². The van der Waals surface area contributed by atoms with Crippen LogP contribution in [0.15, 0.2) is 36.4 Å². The fourth-order valence-electron chi connectivity index (χ4n) is 2.62. The van der Waals surface area contributed by atoms with Crippen molar-refractivity contribution in [2.75, 3.05) is 39.6 Å². The number of urea groups is 1. The third-order valence-corrected chi connectivity index (χ3v) is 4.21. The Morgan fingerprint density at radius 2 is 1.60 bits per heavy atom. The fourth-order valence-corrected chi connectivity index (χ4v) is 2.62. The number of hydrogen-bond donors (Lipinski definition) is 1. The highest BCUT2D eigenvalue weighted by Crippen LogP contribution is 2.29. The molecule has 2 amide bonds. The third kappa shape index (κ3) is 6.31. The Morgan fingerprint density at radius 3 is 2.07 bits per heavy atom. The molecule has 30 heavy (non-hydrogen) atoms. The van der Waals surface area contributed by atoms with Gasteiger partial charge in [0.1, 0.15) is 0 Å². The van der Waals surface area contributed by atoms with Gasteiger partial charge in [-0.05, 0) is 31.8 Å². The highest BCUT2D eigenvalue weighted by molar-refractivity contribution is 5.89. The summed E-state index contributed by atoms with van der Waals surface area (Å²) in [6.07, 6.45) is -4.46. The molecule has 164 valence electrons. The van der Waals surface area contributed by atoms with Gasteiger partial charge in [-0.3, -0.25) is 0 Å². The van der Waals surface area contributed by atoms with Gasteiger partial charge < -0.3 is 19.9 Å². The van der Waals surface area contributed by atoms with Gasteiger partial charge in [0, 0.05) is 37.5 Å². The van der Waals surface area contributed by atoms with Crippen molar-refractivity contribution < 1.29 is 31.5 Å². The van der Waals surface area contributed by atoms with Gasteiger partial charge in [-0.15, -0.1) is 0 Å². The molecule has 0 unspecified atom stereocenters. The number of alkyl halides is 3. The van der Waals surface area contributed by atoms with Gasteiger partial charge >= 0.3 is 12.2 Å². The van der Waals surface area contributed by atoms with E-state index >= 15 is 0 Å². The molecule has 0 aliphatic rings.